The van der Waals surface area contributed by atoms with E-state index in [0.29, 0.717) is 0 Å². The van der Waals surface area contributed by atoms with Crippen LogP contribution in [0.2, 0.25) is 0 Å². The monoisotopic (exact) mass is 241 g/mol. The topological polar surface area (TPSA) is 47.0 Å². The molecule has 0 aliphatic heterocycles. The fraction of sp³-hybridized carbons (Fsp3) is 0.636. The van der Waals surface area contributed by atoms with Gasteiger partial charge in [-0.2, -0.15) is 11.8 Å². The van der Waals surface area contributed by atoms with Gasteiger partial charge in [0.1, 0.15) is 5.82 Å². The van der Waals surface area contributed by atoms with Gasteiger partial charge in [-0.3, -0.25) is 4.98 Å². The average Bonchev–Trinajstić information content (AvgIpc) is 2.31. The number of hydrogen-bond donors (Lipinski definition) is 1. The average molecular weight is 241 g/mol. The first kappa shape index (κ1) is 13.3. The third-order valence-electron chi connectivity index (χ3n) is 1.95. The molecule has 1 aromatic heterocycles. The predicted octanol–water partition coefficient (Wildman–Crippen LogP) is 2.18. The molecule has 5 heteroatoms. The maximum Gasteiger partial charge on any atom is 0.144 e. The molecular weight excluding hydrogens is 222 g/mol. The summed E-state index contributed by atoms with van der Waals surface area (Å²) >= 11 is 1.86. The van der Waals surface area contributed by atoms with Crippen molar-refractivity contribution in [2.45, 2.75) is 19.1 Å². The maximum atomic E-state index is 4.99. The lowest BCUT2D eigenvalue weighted by molar-refractivity contribution is 0.200. The summed E-state index contributed by atoms with van der Waals surface area (Å²) in [6.45, 7) is 3.75. The van der Waals surface area contributed by atoms with Gasteiger partial charge in [0, 0.05) is 26.0 Å². The van der Waals surface area contributed by atoms with Gasteiger partial charge < -0.3 is 10.1 Å². The lowest BCUT2D eigenvalue weighted by Crippen LogP contribution is -2.00. The van der Waals surface area contributed by atoms with Crippen LogP contribution < -0.4 is 5.32 Å². The van der Waals surface area contributed by atoms with Crippen LogP contribution in [-0.2, 0) is 10.5 Å². The summed E-state index contributed by atoms with van der Waals surface area (Å²) in [5.74, 6) is 2.86. The van der Waals surface area contributed by atoms with Crippen LogP contribution in [-0.4, -0.2) is 36.0 Å². The Kier molecular flexibility index (Phi) is 6.92. The first-order valence-corrected chi connectivity index (χ1v) is 6.63. The van der Waals surface area contributed by atoms with Gasteiger partial charge in [-0.25, -0.2) is 4.98 Å². The zero-order chi connectivity index (χ0) is 11.6. The summed E-state index contributed by atoms with van der Waals surface area (Å²) in [7, 11) is 1.73. The van der Waals surface area contributed by atoms with Crippen LogP contribution in [0.3, 0.4) is 0 Å². The molecule has 0 saturated carbocycles. The zero-order valence-corrected chi connectivity index (χ0v) is 10.7. The molecule has 0 spiro atoms. The molecule has 0 aromatic carbocycles. The number of methoxy groups -OCH3 is 1. The largest absolute Gasteiger partial charge is 0.385 e. The van der Waals surface area contributed by atoms with Gasteiger partial charge in [0.25, 0.3) is 0 Å². The van der Waals surface area contributed by atoms with Crippen LogP contribution in [0.15, 0.2) is 12.4 Å². The minimum Gasteiger partial charge on any atom is -0.385 e. The molecule has 1 heterocycles. The minimum absolute atomic E-state index is 0.831. The van der Waals surface area contributed by atoms with Gasteiger partial charge in [-0.1, -0.05) is 0 Å². The van der Waals surface area contributed by atoms with Gasteiger partial charge in [-0.05, 0) is 19.1 Å². The molecule has 0 aliphatic rings. The van der Waals surface area contributed by atoms with Crippen LogP contribution in [0.5, 0.6) is 0 Å². The minimum atomic E-state index is 0.831. The molecule has 0 saturated heterocycles. The van der Waals surface area contributed by atoms with Crippen molar-refractivity contribution in [1.82, 2.24) is 9.97 Å². The summed E-state index contributed by atoms with van der Waals surface area (Å²) in [5.41, 5.74) is 1.03. The smallest absolute Gasteiger partial charge is 0.144 e. The number of nitrogens with zero attached hydrogens (tertiary/aromatic N) is 2. The Labute approximate surface area is 101 Å². The van der Waals surface area contributed by atoms with Crippen molar-refractivity contribution in [3.8, 4) is 0 Å². The van der Waals surface area contributed by atoms with Gasteiger partial charge in [0.2, 0.25) is 0 Å². The second-order valence-electron chi connectivity index (χ2n) is 3.32. The van der Waals surface area contributed by atoms with Gasteiger partial charge in [-0.15, -0.1) is 0 Å². The SMILES string of the molecule is CCNc1cnc(CSCCCOC)cn1. The zero-order valence-electron chi connectivity index (χ0n) is 9.90. The van der Waals surface area contributed by atoms with E-state index in [-0.39, 0.29) is 0 Å². The highest BCUT2D eigenvalue weighted by Gasteiger charge is 1.97. The second-order valence-corrected chi connectivity index (χ2v) is 4.43. The van der Waals surface area contributed by atoms with Crippen molar-refractivity contribution in [1.29, 1.82) is 0 Å². The van der Waals surface area contributed by atoms with Crippen molar-refractivity contribution in [2.75, 3.05) is 31.3 Å². The summed E-state index contributed by atoms with van der Waals surface area (Å²) in [5, 5.41) is 3.12. The molecule has 4 nitrogen and oxygen atoms in total. The van der Waals surface area contributed by atoms with E-state index in [1.54, 1.807) is 13.3 Å². The number of ether oxygens (including phenoxy) is 1. The lowest BCUT2D eigenvalue weighted by atomic mass is 10.5. The normalized spacial score (nSPS) is 10.4. The van der Waals surface area contributed by atoms with Crippen LogP contribution in [0.1, 0.15) is 19.0 Å². The number of anilines is 1. The summed E-state index contributed by atoms with van der Waals surface area (Å²) in [6.07, 6.45) is 4.71. The van der Waals surface area contributed by atoms with Gasteiger partial charge >= 0.3 is 0 Å². The maximum absolute atomic E-state index is 4.99. The number of aromatic nitrogens is 2. The van der Waals surface area contributed by atoms with E-state index in [1.165, 1.54) is 0 Å². The molecule has 1 rings (SSSR count). The van der Waals surface area contributed by atoms with E-state index in [2.05, 4.69) is 15.3 Å². The van der Waals surface area contributed by atoms with Gasteiger partial charge in [0.05, 0.1) is 18.1 Å². The number of thioether (sulfide) groups is 1. The highest BCUT2D eigenvalue weighted by molar-refractivity contribution is 7.98. The van der Waals surface area contributed by atoms with E-state index in [4.69, 9.17) is 4.74 Å². The van der Waals surface area contributed by atoms with Crippen molar-refractivity contribution in [2.24, 2.45) is 0 Å². The molecule has 0 aliphatic carbocycles. The first-order valence-electron chi connectivity index (χ1n) is 5.48. The fourth-order valence-corrected chi connectivity index (χ4v) is 2.01. The third-order valence-corrected chi connectivity index (χ3v) is 3.03. The Hall–Kier alpha value is -0.810. The van der Waals surface area contributed by atoms with Crippen LogP contribution >= 0.6 is 11.8 Å². The Morgan fingerprint density at radius 1 is 1.38 bits per heavy atom. The molecular formula is C11H19N3OS. The predicted molar refractivity (Wildman–Crippen MR) is 68.9 cm³/mol. The Morgan fingerprint density at radius 2 is 2.25 bits per heavy atom. The number of nitrogens with one attached hydrogen (secondary N) is 1. The Balaban J connectivity index is 2.21. The highest BCUT2D eigenvalue weighted by atomic mass is 32.2. The molecule has 0 atom stereocenters. The number of hydrogen-bond acceptors (Lipinski definition) is 5. The summed E-state index contributed by atoms with van der Waals surface area (Å²) < 4.78 is 4.99. The molecule has 0 radical (unpaired) electrons. The van der Waals surface area contributed by atoms with E-state index in [0.717, 1.165) is 42.6 Å². The molecule has 1 N–H and O–H groups in total. The molecule has 90 valence electrons. The molecule has 0 bridgehead atoms. The van der Waals surface area contributed by atoms with Crippen LogP contribution in [0.25, 0.3) is 0 Å². The standard InChI is InChI=1S/C11H19N3OS/c1-3-12-11-8-13-10(7-14-11)9-16-6-4-5-15-2/h7-8H,3-6,9H2,1-2H3,(H,12,14). The van der Waals surface area contributed by atoms with Crippen LogP contribution in [0, 0.1) is 0 Å². The molecule has 0 fully saturated rings. The molecule has 16 heavy (non-hydrogen) atoms. The van der Waals surface area contributed by atoms with E-state index in [9.17, 15) is 0 Å². The van der Waals surface area contributed by atoms with Gasteiger partial charge in [0.15, 0.2) is 0 Å². The third kappa shape index (κ3) is 5.32. The first-order chi connectivity index (χ1) is 7.86. The van der Waals surface area contributed by atoms with Crippen molar-refractivity contribution in [3.05, 3.63) is 18.1 Å². The van der Waals surface area contributed by atoms with Crippen molar-refractivity contribution >= 4 is 17.6 Å². The highest BCUT2D eigenvalue weighted by Crippen LogP contribution is 2.11. The lowest BCUT2D eigenvalue weighted by Gasteiger charge is -2.03. The van der Waals surface area contributed by atoms with E-state index < -0.39 is 0 Å². The van der Waals surface area contributed by atoms with E-state index >= 15 is 0 Å². The molecule has 0 amide bonds. The summed E-state index contributed by atoms with van der Waals surface area (Å²) in [4.78, 5) is 8.61. The molecule has 0 unspecified atom stereocenters. The van der Waals surface area contributed by atoms with Crippen molar-refractivity contribution in [3.63, 3.8) is 0 Å². The summed E-state index contributed by atoms with van der Waals surface area (Å²) in [6, 6.07) is 0. The molecule has 1 aromatic rings. The Morgan fingerprint density at radius 3 is 2.88 bits per heavy atom. The van der Waals surface area contributed by atoms with E-state index in [1.807, 2.05) is 24.9 Å². The quantitative estimate of drug-likeness (QED) is 0.707. The Bertz CT molecular complexity index is 279. The fourth-order valence-electron chi connectivity index (χ4n) is 1.18. The van der Waals surface area contributed by atoms with Crippen molar-refractivity contribution < 1.29 is 4.74 Å². The second kappa shape index (κ2) is 8.35. The van der Waals surface area contributed by atoms with Crippen LogP contribution in [0.4, 0.5) is 5.82 Å². The number of rotatable bonds is 8.